The van der Waals surface area contributed by atoms with Crippen LogP contribution in [0.5, 0.6) is 0 Å². The topological polar surface area (TPSA) is 51.8 Å². The Bertz CT molecular complexity index is 2800. The summed E-state index contributed by atoms with van der Waals surface area (Å²) in [5.74, 6) is 1.07. The summed E-state index contributed by atoms with van der Waals surface area (Å²) in [4.78, 5) is 15.1. The third-order valence-electron chi connectivity index (χ3n) is 8.44. The van der Waals surface area contributed by atoms with Gasteiger partial charge in [-0.25, -0.2) is 15.0 Å². The zero-order valence-electron chi connectivity index (χ0n) is 29.0. The molecule has 0 saturated heterocycles. The molecule has 2 heterocycles. The van der Waals surface area contributed by atoms with Crippen molar-refractivity contribution in [1.29, 1.82) is 0 Å². The molecule has 0 saturated carbocycles. The number of benzene rings is 7. The van der Waals surface area contributed by atoms with Gasteiger partial charge in [-0.15, -0.1) is 0 Å². The van der Waals surface area contributed by atoms with E-state index in [0.29, 0.717) is 28.0 Å². The molecule has 0 N–H and O–H groups in total. The van der Waals surface area contributed by atoms with Gasteiger partial charge < -0.3 is 4.42 Å². The molecule has 2 aromatic heterocycles. The molecule has 47 heavy (non-hydrogen) atoms. The molecule has 220 valence electrons. The highest BCUT2D eigenvalue weighted by atomic mass is 16.3. The number of hydrogen-bond acceptors (Lipinski definition) is 4. The Morgan fingerprint density at radius 3 is 1.85 bits per heavy atom. The standard InChI is InChI=1S/C43H27N3O/c1-3-13-29(14-4-1)34-25-24-33(27-37(34)30-15-5-2-6-16-30)42-44-41(32-23-22-28-12-7-8-17-31(28)26-32)45-43(46-42)36-19-11-21-39-40(36)35-18-9-10-20-38(35)47-39/h1-27H/i9D,19D,20D,21D. The molecule has 9 rings (SSSR count). The number of aromatic nitrogens is 3. The number of hydrogen-bond donors (Lipinski definition) is 0. The van der Waals surface area contributed by atoms with E-state index >= 15 is 0 Å². The fourth-order valence-corrected chi connectivity index (χ4v) is 6.18. The monoisotopic (exact) mass is 605 g/mol. The molecule has 7 aromatic carbocycles. The summed E-state index contributed by atoms with van der Waals surface area (Å²) < 4.78 is 40.7. The van der Waals surface area contributed by atoms with Gasteiger partial charge in [0.05, 0.1) is 5.48 Å². The molecule has 0 spiro atoms. The van der Waals surface area contributed by atoms with Gasteiger partial charge in [-0.3, -0.25) is 0 Å². The van der Waals surface area contributed by atoms with Gasteiger partial charge in [0.25, 0.3) is 0 Å². The average Bonchev–Trinajstić information content (AvgIpc) is 3.55. The van der Waals surface area contributed by atoms with Gasteiger partial charge in [-0.1, -0.05) is 139 Å². The van der Waals surface area contributed by atoms with E-state index in [0.717, 1.165) is 44.2 Å². The van der Waals surface area contributed by atoms with Crippen LogP contribution in [0.2, 0.25) is 0 Å². The summed E-state index contributed by atoms with van der Waals surface area (Å²) in [7, 11) is 0. The highest BCUT2D eigenvalue weighted by molar-refractivity contribution is 6.11. The van der Waals surface area contributed by atoms with E-state index in [1.54, 1.807) is 6.07 Å². The minimum atomic E-state index is 0.00826. The summed E-state index contributed by atoms with van der Waals surface area (Å²) in [5, 5.41) is 3.01. The van der Waals surface area contributed by atoms with Crippen LogP contribution < -0.4 is 0 Å². The second kappa shape index (κ2) is 11.2. The molecule has 0 aliphatic rings. The predicted octanol–water partition coefficient (Wildman–Crippen LogP) is 11.3. The zero-order valence-corrected chi connectivity index (χ0v) is 25.0. The maximum atomic E-state index is 9.12. The molecule has 4 heteroatoms. The number of fused-ring (bicyclic) bond motifs is 4. The summed E-state index contributed by atoms with van der Waals surface area (Å²) in [6.07, 6.45) is 0. The number of para-hydroxylation sites is 1. The molecule has 0 radical (unpaired) electrons. The normalized spacial score (nSPS) is 12.6. The lowest BCUT2D eigenvalue weighted by Crippen LogP contribution is -2.01. The first-order valence-corrected chi connectivity index (χ1v) is 15.4. The molecule has 0 bridgehead atoms. The quantitative estimate of drug-likeness (QED) is 0.196. The second-order valence-corrected chi connectivity index (χ2v) is 11.3. The lowest BCUT2D eigenvalue weighted by atomic mass is 9.92. The largest absolute Gasteiger partial charge is 0.456 e. The maximum Gasteiger partial charge on any atom is 0.164 e. The predicted molar refractivity (Wildman–Crippen MR) is 192 cm³/mol. The Morgan fingerprint density at radius 1 is 0.426 bits per heavy atom. The molecular formula is C43H27N3O. The van der Waals surface area contributed by atoms with Crippen molar-refractivity contribution < 1.29 is 9.90 Å². The first kappa shape index (κ1) is 23.0. The van der Waals surface area contributed by atoms with E-state index in [4.69, 9.17) is 24.9 Å². The van der Waals surface area contributed by atoms with Crippen molar-refractivity contribution in [1.82, 2.24) is 15.0 Å². The third-order valence-corrected chi connectivity index (χ3v) is 8.44. The van der Waals surface area contributed by atoms with E-state index in [1.807, 2.05) is 78.9 Å². The number of rotatable bonds is 5. The molecule has 4 nitrogen and oxygen atoms in total. The lowest BCUT2D eigenvalue weighted by molar-refractivity contribution is 0.669. The first-order valence-electron chi connectivity index (χ1n) is 17.4. The highest BCUT2D eigenvalue weighted by Gasteiger charge is 2.19. The van der Waals surface area contributed by atoms with Crippen LogP contribution in [0, 0.1) is 0 Å². The van der Waals surface area contributed by atoms with Gasteiger partial charge >= 0.3 is 0 Å². The average molecular weight is 606 g/mol. The van der Waals surface area contributed by atoms with Crippen LogP contribution in [0.25, 0.3) is 89.1 Å². The van der Waals surface area contributed by atoms with E-state index in [1.165, 1.54) is 12.1 Å². The van der Waals surface area contributed by atoms with Crippen molar-refractivity contribution in [3.63, 3.8) is 0 Å². The van der Waals surface area contributed by atoms with Crippen molar-refractivity contribution in [2.24, 2.45) is 0 Å². The van der Waals surface area contributed by atoms with Crippen molar-refractivity contribution >= 4 is 32.7 Å². The SMILES string of the molecule is [2H]c1cc([2H])c2oc3c([2H])cc([2H])c(-c4nc(-c5ccc(-c6ccccc6)c(-c6ccccc6)c5)nc(-c5ccc6ccccc6c5)n4)c3c2c1. The van der Waals surface area contributed by atoms with Crippen LogP contribution in [0.1, 0.15) is 5.48 Å². The fraction of sp³-hybridized carbons (Fsp3) is 0. The van der Waals surface area contributed by atoms with Gasteiger partial charge in [-0.05, 0) is 57.2 Å². The zero-order chi connectivity index (χ0) is 34.6. The summed E-state index contributed by atoms with van der Waals surface area (Å²) in [6.45, 7) is 0. The minimum absolute atomic E-state index is 0.00826. The van der Waals surface area contributed by atoms with Crippen molar-refractivity contribution in [2.45, 2.75) is 0 Å². The molecule has 0 aliphatic heterocycles. The Hall–Kier alpha value is -6.39. The highest BCUT2D eigenvalue weighted by Crippen LogP contribution is 2.38. The van der Waals surface area contributed by atoms with Gasteiger partial charge in [0, 0.05) is 27.5 Å². The van der Waals surface area contributed by atoms with Crippen LogP contribution in [0.15, 0.2) is 168 Å². The molecule has 0 atom stereocenters. The van der Waals surface area contributed by atoms with E-state index in [2.05, 4.69) is 42.5 Å². The Morgan fingerprint density at radius 2 is 1.06 bits per heavy atom. The number of nitrogens with zero attached hydrogens (tertiary/aromatic N) is 3. The van der Waals surface area contributed by atoms with Crippen LogP contribution in [-0.2, 0) is 0 Å². The molecule has 0 unspecified atom stereocenters. The van der Waals surface area contributed by atoms with Crippen molar-refractivity contribution in [2.75, 3.05) is 0 Å². The summed E-state index contributed by atoms with van der Waals surface area (Å²) >= 11 is 0. The van der Waals surface area contributed by atoms with Gasteiger partial charge in [-0.2, -0.15) is 0 Å². The smallest absolute Gasteiger partial charge is 0.164 e. The van der Waals surface area contributed by atoms with Crippen LogP contribution in [0.3, 0.4) is 0 Å². The molecular weight excluding hydrogens is 574 g/mol. The molecule has 0 amide bonds. The van der Waals surface area contributed by atoms with E-state index in [-0.39, 0.29) is 41.2 Å². The summed E-state index contributed by atoms with van der Waals surface area (Å²) in [6, 6.07) is 45.4. The van der Waals surface area contributed by atoms with E-state index in [9.17, 15) is 0 Å². The van der Waals surface area contributed by atoms with E-state index < -0.39 is 0 Å². The van der Waals surface area contributed by atoms with Gasteiger partial charge in [0.15, 0.2) is 17.5 Å². The fourth-order valence-electron chi connectivity index (χ4n) is 6.18. The second-order valence-electron chi connectivity index (χ2n) is 11.3. The Labute approximate surface area is 277 Å². The summed E-state index contributed by atoms with van der Waals surface area (Å²) in [5.41, 5.74) is 6.56. The Kier molecular flexibility index (Phi) is 5.49. The van der Waals surface area contributed by atoms with Gasteiger partial charge in [0.2, 0.25) is 0 Å². The maximum absolute atomic E-state index is 9.12. The minimum Gasteiger partial charge on any atom is -0.456 e. The third kappa shape index (κ3) is 4.84. The number of furan rings is 1. The van der Waals surface area contributed by atoms with Crippen molar-refractivity contribution in [3.8, 4) is 56.4 Å². The molecule has 0 fully saturated rings. The Balaban J connectivity index is 1.33. The van der Waals surface area contributed by atoms with Crippen molar-refractivity contribution in [3.05, 3.63) is 164 Å². The lowest BCUT2D eigenvalue weighted by Gasteiger charge is -2.14. The van der Waals surface area contributed by atoms with Crippen LogP contribution >= 0.6 is 0 Å². The first-order chi connectivity index (χ1) is 24.9. The molecule has 9 aromatic rings. The van der Waals surface area contributed by atoms with Crippen LogP contribution in [-0.4, -0.2) is 15.0 Å². The molecule has 0 aliphatic carbocycles. The van der Waals surface area contributed by atoms with Gasteiger partial charge in [0.1, 0.15) is 11.2 Å². The van der Waals surface area contributed by atoms with Crippen LogP contribution in [0.4, 0.5) is 0 Å².